The Kier molecular flexibility index (Phi) is 5.08. The summed E-state index contributed by atoms with van der Waals surface area (Å²) in [6.07, 6.45) is -3.89. The van der Waals surface area contributed by atoms with E-state index in [2.05, 4.69) is 4.74 Å². The van der Waals surface area contributed by atoms with Gasteiger partial charge in [0.1, 0.15) is 5.75 Å². The van der Waals surface area contributed by atoms with Crippen molar-refractivity contribution in [3.8, 4) is 16.9 Å². The molecule has 5 rings (SSSR count). The molecule has 3 aromatic rings. The minimum atomic E-state index is -4.75. The number of carbonyl (C=O) groups is 1. The summed E-state index contributed by atoms with van der Waals surface area (Å²) < 4.78 is 43.2. The quantitative estimate of drug-likeness (QED) is 0.568. The molecule has 4 heterocycles. The Morgan fingerprint density at radius 2 is 1.81 bits per heavy atom. The van der Waals surface area contributed by atoms with Gasteiger partial charge < -0.3 is 14.2 Å². The molecule has 166 valence electrons. The van der Waals surface area contributed by atoms with Crippen molar-refractivity contribution in [3.05, 3.63) is 74.8 Å². The number of ether oxygens (including phenoxy) is 1. The van der Waals surface area contributed by atoms with Crippen LogP contribution in [-0.2, 0) is 6.54 Å². The van der Waals surface area contributed by atoms with Crippen LogP contribution >= 0.6 is 11.3 Å². The van der Waals surface area contributed by atoms with Crippen molar-refractivity contribution in [1.82, 2.24) is 9.47 Å². The van der Waals surface area contributed by atoms with Crippen LogP contribution in [0.15, 0.2) is 58.7 Å². The number of rotatable bonds is 3. The molecule has 2 bridgehead atoms. The number of hydrogen-bond acceptors (Lipinski definition) is 4. The smallest absolute Gasteiger partial charge is 0.406 e. The molecule has 9 heteroatoms. The molecule has 2 aliphatic rings. The summed E-state index contributed by atoms with van der Waals surface area (Å²) in [5.41, 5.74) is 2.22. The van der Waals surface area contributed by atoms with E-state index in [-0.39, 0.29) is 29.1 Å². The van der Waals surface area contributed by atoms with Gasteiger partial charge in [-0.1, -0.05) is 18.2 Å². The number of alkyl halides is 3. The molecule has 1 fully saturated rings. The number of likely N-dealkylation sites (tertiary alicyclic amines) is 1. The van der Waals surface area contributed by atoms with Crippen molar-refractivity contribution in [2.75, 3.05) is 13.1 Å². The van der Waals surface area contributed by atoms with Gasteiger partial charge in [0.2, 0.25) is 0 Å². The average Bonchev–Trinajstić information content (AvgIpc) is 3.28. The molecule has 1 saturated heterocycles. The van der Waals surface area contributed by atoms with Crippen molar-refractivity contribution in [3.63, 3.8) is 0 Å². The number of carbonyl (C=O) groups excluding carboxylic acids is 1. The van der Waals surface area contributed by atoms with E-state index in [0.717, 1.165) is 17.7 Å². The second-order valence-corrected chi connectivity index (χ2v) is 9.09. The first-order valence-corrected chi connectivity index (χ1v) is 11.1. The number of halogens is 3. The fourth-order valence-electron chi connectivity index (χ4n) is 4.82. The molecule has 2 unspecified atom stereocenters. The zero-order chi connectivity index (χ0) is 22.5. The lowest BCUT2D eigenvalue weighted by molar-refractivity contribution is -0.274. The molecule has 0 aliphatic carbocycles. The van der Waals surface area contributed by atoms with Gasteiger partial charge in [0.05, 0.1) is 4.88 Å². The van der Waals surface area contributed by atoms with Gasteiger partial charge in [-0.05, 0) is 47.5 Å². The van der Waals surface area contributed by atoms with Crippen LogP contribution in [0.5, 0.6) is 5.75 Å². The third-order valence-electron chi connectivity index (χ3n) is 6.01. The highest BCUT2D eigenvalue weighted by Gasteiger charge is 2.38. The summed E-state index contributed by atoms with van der Waals surface area (Å²) in [6.45, 7) is 1.62. The van der Waals surface area contributed by atoms with Crippen LogP contribution in [0.4, 0.5) is 13.2 Å². The number of pyridine rings is 1. The highest BCUT2D eigenvalue weighted by Crippen LogP contribution is 2.40. The number of thiophene rings is 1. The SMILES string of the molecule is O=C(c1cccs1)N1CC2CC(C1)c1c(-c3ccc(OC(F)(F)F)cc3)ccc(=O)n1C2. The molecule has 0 radical (unpaired) electrons. The number of amides is 1. The minimum absolute atomic E-state index is 0.00312. The third-order valence-corrected chi connectivity index (χ3v) is 6.87. The van der Waals surface area contributed by atoms with Crippen LogP contribution in [0.3, 0.4) is 0 Å². The van der Waals surface area contributed by atoms with Crippen LogP contribution < -0.4 is 10.3 Å². The van der Waals surface area contributed by atoms with Crippen LogP contribution in [0, 0.1) is 5.92 Å². The fourth-order valence-corrected chi connectivity index (χ4v) is 5.51. The topological polar surface area (TPSA) is 51.5 Å². The normalized spacial score (nSPS) is 20.0. The Bertz CT molecular complexity index is 1200. The molecule has 32 heavy (non-hydrogen) atoms. The van der Waals surface area contributed by atoms with Crippen LogP contribution in [0.1, 0.15) is 27.7 Å². The number of benzene rings is 1. The van der Waals surface area contributed by atoms with Gasteiger partial charge in [-0.15, -0.1) is 24.5 Å². The molecular weight excluding hydrogens is 441 g/mol. The van der Waals surface area contributed by atoms with E-state index in [1.54, 1.807) is 22.8 Å². The Morgan fingerprint density at radius 3 is 2.50 bits per heavy atom. The molecule has 2 aromatic heterocycles. The lowest BCUT2D eigenvalue weighted by atomic mass is 9.80. The first-order chi connectivity index (χ1) is 15.3. The van der Waals surface area contributed by atoms with Crippen LogP contribution in [-0.4, -0.2) is 34.8 Å². The highest BCUT2D eigenvalue weighted by atomic mass is 32.1. The van der Waals surface area contributed by atoms with E-state index in [9.17, 15) is 22.8 Å². The maximum atomic E-state index is 12.9. The number of hydrogen-bond donors (Lipinski definition) is 0. The van der Waals surface area contributed by atoms with Gasteiger partial charge in [-0.3, -0.25) is 9.59 Å². The highest BCUT2D eigenvalue weighted by molar-refractivity contribution is 7.12. The van der Waals surface area contributed by atoms with E-state index in [0.29, 0.717) is 30.1 Å². The lowest BCUT2D eigenvalue weighted by Gasteiger charge is -2.43. The molecule has 0 N–H and O–H groups in total. The molecular formula is C23H19F3N2O3S. The predicted octanol–water partition coefficient (Wildman–Crippen LogP) is 4.73. The van der Waals surface area contributed by atoms with E-state index >= 15 is 0 Å². The van der Waals surface area contributed by atoms with Crippen molar-refractivity contribution in [2.45, 2.75) is 25.2 Å². The zero-order valence-corrected chi connectivity index (χ0v) is 17.7. The Hall–Kier alpha value is -3.07. The van der Waals surface area contributed by atoms with Gasteiger partial charge in [0.25, 0.3) is 11.5 Å². The summed E-state index contributed by atoms with van der Waals surface area (Å²) in [6, 6.07) is 12.5. The molecule has 0 saturated carbocycles. The number of fused-ring (bicyclic) bond motifs is 4. The number of piperidine rings is 1. The molecule has 5 nitrogen and oxygen atoms in total. The Labute approximate surface area is 185 Å². The van der Waals surface area contributed by atoms with Gasteiger partial charge in [0, 0.05) is 42.9 Å². The first-order valence-electron chi connectivity index (χ1n) is 10.2. The molecule has 1 aromatic carbocycles. The van der Waals surface area contributed by atoms with Gasteiger partial charge >= 0.3 is 6.36 Å². The maximum Gasteiger partial charge on any atom is 0.573 e. The van der Waals surface area contributed by atoms with Crippen LogP contribution in [0.2, 0.25) is 0 Å². The molecule has 0 spiro atoms. The molecule has 2 aliphatic heterocycles. The summed E-state index contributed by atoms with van der Waals surface area (Å²) in [5.74, 6) is -0.146. The van der Waals surface area contributed by atoms with Crippen molar-refractivity contribution >= 4 is 17.2 Å². The van der Waals surface area contributed by atoms with Crippen molar-refractivity contribution in [1.29, 1.82) is 0 Å². The summed E-state index contributed by atoms with van der Waals surface area (Å²) in [4.78, 5) is 28.1. The lowest BCUT2D eigenvalue weighted by Crippen LogP contribution is -2.49. The first kappa shape index (κ1) is 20.8. The van der Waals surface area contributed by atoms with E-state index in [1.165, 1.54) is 29.5 Å². The summed E-state index contributed by atoms with van der Waals surface area (Å²) >= 11 is 1.41. The maximum absolute atomic E-state index is 12.9. The van der Waals surface area contributed by atoms with E-state index < -0.39 is 6.36 Å². The van der Waals surface area contributed by atoms with Gasteiger partial charge in [-0.25, -0.2) is 0 Å². The second kappa shape index (κ2) is 7.81. The summed E-state index contributed by atoms with van der Waals surface area (Å²) in [5, 5.41) is 1.87. The van der Waals surface area contributed by atoms with Crippen molar-refractivity contribution < 1.29 is 22.7 Å². The van der Waals surface area contributed by atoms with E-state index in [1.807, 2.05) is 22.4 Å². The number of aromatic nitrogens is 1. The molecule has 1 amide bonds. The van der Waals surface area contributed by atoms with Gasteiger partial charge in [0.15, 0.2) is 0 Å². The Balaban J connectivity index is 1.49. The van der Waals surface area contributed by atoms with Gasteiger partial charge in [-0.2, -0.15) is 0 Å². The summed E-state index contributed by atoms with van der Waals surface area (Å²) in [7, 11) is 0. The van der Waals surface area contributed by atoms with Crippen molar-refractivity contribution in [2.24, 2.45) is 5.92 Å². The zero-order valence-electron chi connectivity index (χ0n) is 16.8. The van der Waals surface area contributed by atoms with Crippen LogP contribution in [0.25, 0.3) is 11.1 Å². The predicted molar refractivity (Wildman–Crippen MR) is 114 cm³/mol. The second-order valence-electron chi connectivity index (χ2n) is 8.14. The fraction of sp³-hybridized carbons (Fsp3) is 0.304. The third kappa shape index (κ3) is 3.92. The largest absolute Gasteiger partial charge is 0.573 e. The number of nitrogens with zero attached hydrogens (tertiary/aromatic N) is 2. The monoisotopic (exact) mass is 460 g/mol. The standard InChI is InChI=1S/C23H19F3N2O3S/c24-23(25,26)31-17-5-3-15(4-6-17)18-7-8-20(29)28-12-14-10-16(21(18)28)13-27(11-14)22(30)19-2-1-9-32-19/h1-9,14,16H,10-13H2. The molecule has 2 atom stereocenters. The average molecular weight is 460 g/mol. The Morgan fingerprint density at radius 1 is 1.03 bits per heavy atom. The minimum Gasteiger partial charge on any atom is -0.406 e. The van der Waals surface area contributed by atoms with E-state index in [4.69, 9.17) is 0 Å².